The van der Waals surface area contributed by atoms with E-state index in [9.17, 15) is 14.7 Å². The van der Waals surface area contributed by atoms with Crippen molar-refractivity contribution >= 4 is 23.5 Å². The van der Waals surface area contributed by atoms with Gasteiger partial charge in [0.25, 0.3) is 0 Å². The van der Waals surface area contributed by atoms with Gasteiger partial charge in [0.1, 0.15) is 17.1 Å². The molecule has 1 unspecified atom stereocenters. The average molecular weight is 524 g/mol. The number of benzene rings is 2. The first-order chi connectivity index (χ1) is 17.9. The Balaban J connectivity index is 1.85. The van der Waals surface area contributed by atoms with E-state index >= 15 is 0 Å². The van der Waals surface area contributed by atoms with E-state index in [4.69, 9.17) is 16.3 Å². The van der Waals surface area contributed by atoms with Crippen molar-refractivity contribution in [2.24, 2.45) is 0 Å². The molecule has 8 heteroatoms. The first kappa shape index (κ1) is 28.0. The van der Waals surface area contributed by atoms with Crippen LogP contribution in [0.5, 0.6) is 5.75 Å². The Labute approximate surface area is 222 Å². The number of carboxylic acid groups (broad SMARTS) is 1. The second-order valence-corrected chi connectivity index (χ2v) is 9.24. The summed E-state index contributed by atoms with van der Waals surface area (Å²) in [6, 6.07) is 12.0. The number of halogens is 1. The molecule has 0 aliphatic heterocycles. The van der Waals surface area contributed by atoms with Gasteiger partial charge in [-0.15, -0.1) is 0 Å². The molecule has 1 atom stereocenters. The van der Waals surface area contributed by atoms with Crippen molar-refractivity contribution in [3.8, 4) is 17.0 Å². The minimum atomic E-state index is -1.08. The highest BCUT2D eigenvalue weighted by Gasteiger charge is 2.21. The normalized spacial score (nSPS) is 12.0. The summed E-state index contributed by atoms with van der Waals surface area (Å²) in [5, 5.41) is 13.5. The number of nitrogens with one attached hydrogen (secondary N) is 2. The fraction of sp³-hybridized carbons (Fsp3) is 0.345. The molecule has 0 aliphatic rings. The number of carbonyl (C=O) groups is 2. The van der Waals surface area contributed by atoms with E-state index in [1.165, 1.54) is 0 Å². The maximum Gasteiger partial charge on any atom is 0.339 e. The number of unbranched alkanes of at least 4 members (excludes halogenated alkanes) is 2. The van der Waals surface area contributed by atoms with Crippen LogP contribution in [-0.2, 0) is 11.2 Å². The summed E-state index contributed by atoms with van der Waals surface area (Å²) >= 11 is 6.00. The number of H-pyrrole nitrogens is 1. The number of allylic oxidation sites excluding steroid dienone is 2. The summed E-state index contributed by atoms with van der Waals surface area (Å²) in [5.41, 5.74) is 2.51. The van der Waals surface area contributed by atoms with Crippen molar-refractivity contribution in [1.29, 1.82) is 0 Å². The van der Waals surface area contributed by atoms with E-state index in [-0.39, 0.29) is 11.5 Å². The van der Waals surface area contributed by atoms with Crippen molar-refractivity contribution in [3.05, 3.63) is 82.8 Å². The molecule has 37 heavy (non-hydrogen) atoms. The second kappa shape index (κ2) is 14.2. The minimum Gasteiger partial charge on any atom is -0.493 e. The van der Waals surface area contributed by atoms with Gasteiger partial charge in [0, 0.05) is 17.9 Å². The monoisotopic (exact) mass is 523 g/mol. The van der Waals surface area contributed by atoms with Gasteiger partial charge >= 0.3 is 5.97 Å². The quantitative estimate of drug-likeness (QED) is 0.160. The highest BCUT2D eigenvalue weighted by Crippen LogP contribution is 2.27. The molecule has 1 amide bonds. The van der Waals surface area contributed by atoms with Crippen LogP contribution in [0, 0.1) is 0 Å². The summed E-state index contributed by atoms with van der Waals surface area (Å²) < 4.78 is 5.71. The zero-order chi connectivity index (χ0) is 26.6. The van der Waals surface area contributed by atoms with Crippen LogP contribution < -0.4 is 10.1 Å². The van der Waals surface area contributed by atoms with Crippen LogP contribution in [0.25, 0.3) is 11.3 Å². The third kappa shape index (κ3) is 8.50. The predicted octanol–water partition coefficient (Wildman–Crippen LogP) is 6.75. The maximum absolute atomic E-state index is 12.8. The van der Waals surface area contributed by atoms with Crippen LogP contribution in [0.4, 0.5) is 0 Å². The molecule has 0 saturated heterocycles. The minimum absolute atomic E-state index is 0.0715. The molecule has 196 valence electrons. The van der Waals surface area contributed by atoms with Gasteiger partial charge < -0.3 is 20.1 Å². The van der Waals surface area contributed by atoms with Crippen molar-refractivity contribution in [1.82, 2.24) is 15.3 Å². The Bertz CT molecular complexity index is 1200. The Morgan fingerprint density at radius 3 is 2.68 bits per heavy atom. The summed E-state index contributed by atoms with van der Waals surface area (Å²) in [7, 11) is 0. The molecule has 7 nitrogen and oxygen atoms in total. The topological polar surface area (TPSA) is 104 Å². The van der Waals surface area contributed by atoms with Crippen molar-refractivity contribution in [2.45, 2.75) is 58.4 Å². The number of imidazole rings is 1. The number of nitrogens with zero attached hydrogens (tertiary/aromatic N) is 1. The first-order valence-corrected chi connectivity index (χ1v) is 13.0. The summed E-state index contributed by atoms with van der Waals surface area (Å²) in [4.78, 5) is 32.6. The van der Waals surface area contributed by atoms with Crippen LogP contribution in [0.1, 0.15) is 73.7 Å². The molecular formula is C29H34ClN3O4. The molecule has 0 saturated carbocycles. The molecule has 1 aromatic heterocycles. The van der Waals surface area contributed by atoms with Gasteiger partial charge in [0.15, 0.2) is 0 Å². The largest absolute Gasteiger partial charge is 0.493 e. The molecule has 3 rings (SSSR count). The Morgan fingerprint density at radius 2 is 1.97 bits per heavy atom. The lowest BCUT2D eigenvalue weighted by atomic mass is 9.99. The van der Waals surface area contributed by atoms with Gasteiger partial charge in [-0.1, -0.05) is 55.3 Å². The number of carbonyl (C=O) groups excluding carboxylic acids is 1. The SMILES string of the molecule is C/C=C/CCCC(=O)NC(Cc1ncc(-c2ccc(Cl)cc2)[nH]1)c1ccc(OCCCC)c(C(=O)O)c1. The number of rotatable bonds is 14. The fourth-order valence-electron chi connectivity index (χ4n) is 3.89. The molecule has 0 fully saturated rings. The number of aromatic amines is 1. The number of carboxylic acids is 1. The molecule has 1 heterocycles. The number of hydrogen-bond donors (Lipinski definition) is 3. The van der Waals surface area contributed by atoms with E-state index in [0.29, 0.717) is 41.6 Å². The first-order valence-electron chi connectivity index (χ1n) is 12.6. The molecule has 0 aliphatic carbocycles. The molecule has 0 radical (unpaired) electrons. The lowest BCUT2D eigenvalue weighted by molar-refractivity contribution is -0.121. The predicted molar refractivity (Wildman–Crippen MR) is 146 cm³/mol. The van der Waals surface area contributed by atoms with Gasteiger partial charge in [0.05, 0.1) is 24.5 Å². The molecule has 0 bridgehead atoms. The highest BCUT2D eigenvalue weighted by atomic mass is 35.5. The van der Waals surface area contributed by atoms with E-state index in [1.54, 1.807) is 18.3 Å². The number of amides is 1. The van der Waals surface area contributed by atoms with Gasteiger partial charge in [-0.2, -0.15) is 0 Å². The third-order valence-corrected chi connectivity index (χ3v) is 6.17. The molecule has 3 N–H and O–H groups in total. The van der Waals surface area contributed by atoms with Crippen molar-refractivity contribution < 1.29 is 19.4 Å². The highest BCUT2D eigenvalue weighted by molar-refractivity contribution is 6.30. The van der Waals surface area contributed by atoms with Gasteiger partial charge in [-0.25, -0.2) is 9.78 Å². The van der Waals surface area contributed by atoms with E-state index in [2.05, 4.69) is 15.3 Å². The number of ether oxygens (including phenoxy) is 1. The standard InChI is InChI=1S/C29H34ClN3O4/c1-3-5-7-8-9-28(34)33-24(18-27-31-19-25(32-27)20-10-13-22(30)14-11-20)21-12-15-26(37-16-6-4-2)23(17-21)29(35)36/h3,5,10-15,17,19,24H,4,6-9,16,18H2,1-2H3,(H,31,32)(H,33,34)(H,35,36)/b5-3+. The fourth-order valence-corrected chi connectivity index (χ4v) is 4.01. The van der Waals surface area contributed by atoms with Gasteiger partial charge in [-0.05, 0) is 61.6 Å². The van der Waals surface area contributed by atoms with Crippen LogP contribution in [-0.4, -0.2) is 33.6 Å². The van der Waals surface area contributed by atoms with E-state index in [1.807, 2.05) is 56.3 Å². The maximum atomic E-state index is 12.8. The van der Waals surface area contributed by atoms with Crippen LogP contribution >= 0.6 is 11.6 Å². The summed E-state index contributed by atoms with van der Waals surface area (Å²) in [6.45, 7) is 4.44. The third-order valence-electron chi connectivity index (χ3n) is 5.92. The number of aromatic nitrogens is 2. The van der Waals surface area contributed by atoms with Gasteiger partial charge in [0.2, 0.25) is 5.91 Å². The van der Waals surface area contributed by atoms with E-state index < -0.39 is 12.0 Å². The van der Waals surface area contributed by atoms with Crippen LogP contribution in [0.3, 0.4) is 0 Å². The summed E-state index contributed by atoms with van der Waals surface area (Å²) in [5.74, 6) is -0.180. The molecule has 2 aromatic carbocycles. The lowest BCUT2D eigenvalue weighted by Gasteiger charge is -2.20. The van der Waals surface area contributed by atoms with Crippen molar-refractivity contribution in [3.63, 3.8) is 0 Å². The molecular weight excluding hydrogens is 490 g/mol. The lowest BCUT2D eigenvalue weighted by Crippen LogP contribution is -2.30. The Morgan fingerprint density at radius 1 is 1.19 bits per heavy atom. The molecule has 3 aromatic rings. The average Bonchev–Trinajstić information content (AvgIpc) is 3.35. The summed E-state index contributed by atoms with van der Waals surface area (Å²) in [6.07, 6.45) is 9.81. The number of hydrogen-bond acceptors (Lipinski definition) is 4. The van der Waals surface area contributed by atoms with E-state index in [0.717, 1.165) is 36.9 Å². The number of aromatic carboxylic acids is 1. The second-order valence-electron chi connectivity index (χ2n) is 8.80. The zero-order valence-corrected chi connectivity index (χ0v) is 22.1. The Kier molecular flexibility index (Phi) is 10.8. The zero-order valence-electron chi connectivity index (χ0n) is 21.3. The van der Waals surface area contributed by atoms with Gasteiger partial charge in [-0.3, -0.25) is 4.79 Å². The smallest absolute Gasteiger partial charge is 0.339 e. The van der Waals surface area contributed by atoms with Crippen LogP contribution in [0.2, 0.25) is 5.02 Å². The van der Waals surface area contributed by atoms with Crippen LogP contribution in [0.15, 0.2) is 60.8 Å². The van der Waals surface area contributed by atoms with Crippen molar-refractivity contribution in [2.75, 3.05) is 6.61 Å². The Hall–Kier alpha value is -3.58. The molecule has 0 spiro atoms.